The highest BCUT2D eigenvalue weighted by molar-refractivity contribution is 5.80. The second kappa shape index (κ2) is 5.51. The zero-order valence-corrected chi connectivity index (χ0v) is 12.8. The quantitative estimate of drug-likeness (QED) is 0.492. The molecular formula is C15H15N5O2. The number of fused-ring (bicyclic) bond motifs is 2. The zero-order chi connectivity index (χ0) is 15.7. The van der Waals surface area contributed by atoms with Crippen molar-refractivity contribution in [2.24, 2.45) is 0 Å². The summed E-state index contributed by atoms with van der Waals surface area (Å²) in [7, 11) is 0. The third-order valence-corrected chi connectivity index (χ3v) is 3.48. The van der Waals surface area contributed by atoms with Crippen molar-refractivity contribution in [2.45, 2.75) is 27.7 Å². The molecule has 3 heterocycles. The molecule has 0 fully saturated rings. The summed E-state index contributed by atoms with van der Waals surface area (Å²) in [5.41, 5.74) is 7.34. The van der Waals surface area contributed by atoms with Crippen molar-refractivity contribution in [1.82, 2.24) is 25.6 Å². The highest BCUT2D eigenvalue weighted by Crippen LogP contribution is 2.17. The fraction of sp³-hybridized carbons (Fsp3) is 0.267. The van der Waals surface area contributed by atoms with Gasteiger partial charge in [-0.15, -0.1) is 0 Å². The summed E-state index contributed by atoms with van der Waals surface area (Å²) in [5, 5.41) is 15.1. The lowest BCUT2D eigenvalue weighted by molar-refractivity contribution is 0.315. The standard InChI is InChI=1S/C8H8N2O.C7H7N3O/c1-5-3-4-6(2)8-7(5)9-11-10-8;1-4-3-8-5(2)7-6(4)9-11-10-7/h3-4H,1-2H3;3H,1-2H3. The van der Waals surface area contributed by atoms with Gasteiger partial charge in [0.2, 0.25) is 0 Å². The minimum Gasteiger partial charge on any atom is -0.259 e. The van der Waals surface area contributed by atoms with Crippen molar-refractivity contribution in [3.8, 4) is 0 Å². The Bertz CT molecular complexity index is 792. The Morgan fingerprint density at radius 2 is 1.09 bits per heavy atom. The Morgan fingerprint density at radius 1 is 0.636 bits per heavy atom. The van der Waals surface area contributed by atoms with Crippen molar-refractivity contribution >= 4 is 22.1 Å². The summed E-state index contributed by atoms with van der Waals surface area (Å²) in [6.07, 6.45) is 1.77. The zero-order valence-electron chi connectivity index (χ0n) is 12.8. The summed E-state index contributed by atoms with van der Waals surface area (Å²) >= 11 is 0. The van der Waals surface area contributed by atoms with Gasteiger partial charge in [0.1, 0.15) is 16.6 Å². The van der Waals surface area contributed by atoms with Gasteiger partial charge in [0, 0.05) is 6.20 Å². The average molecular weight is 297 g/mol. The van der Waals surface area contributed by atoms with Gasteiger partial charge in [-0.25, -0.2) is 9.26 Å². The summed E-state index contributed by atoms with van der Waals surface area (Å²) < 4.78 is 9.21. The van der Waals surface area contributed by atoms with E-state index in [1.807, 2.05) is 39.8 Å². The monoisotopic (exact) mass is 297 g/mol. The van der Waals surface area contributed by atoms with Gasteiger partial charge in [-0.3, -0.25) is 4.98 Å². The van der Waals surface area contributed by atoms with Gasteiger partial charge in [0.15, 0.2) is 5.52 Å². The molecule has 0 aliphatic carbocycles. The first-order chi connectivity index (χ1) is 10.6. The van der Waals surface area contributed by atoms with Crippen molar-refractivity contribution in [3.63, 3.8) is 0 Å². The molecule has 0 N–H and O–H groups in total. The number of pyridine rings is 1. The van der Waals surface area contributed by atoms with Crippen molar-refractivity contribution in [3.05, 3.63) is 40.7 Å². The molecule has 0 aliphatic rings. The van der Waals surface area contributed by atoms with E-state index in [0.29, 0.717) is 0 Å². The van der Waals surface area contributed by atoms with E-state index in [2.05, 4.69) is 34.9 Å². The molecule has 0 saturated heterocycles. The number of aryl methyl sites for hydroxylation is 4. The van der Waals surface area contributed by atoms with E-state index in [0.717, 1.165) is 44.5 Å². The molecule has 0 atom stereocenters. The SMILES string of the molecule is Cc1ccc(C)c2nonc12.Cc1cnc(C)c2nonc12. The Kier molecular flexibility index (Phi) is 3.54. The van der Waals surface area contributed by atoms with Gasteiger partial charge in [-0.05, 0) is 65.0 Å². The molecule has 112 valence electrons. The molecule has 7 heteroatoms. The highest BCUT2D eigenvalue weighted by Gasteiger charge is 2.06. The first-order valence-electron chi connectivity index (χ1n) is 6.81. The molecule has 0 saturated carbocycles. The molecule has 7 nitrogen and oxygen atoms in total. The van der Waals surface area contributed by atoms with Crippen molar-refractivity contribution in [1.29, 1.82) is 0 Å². The molecule has 0 radical (unpaired) electrons. The van der Waals surface area contributed by atoms with Gasteiger partial charge in [0.05, 0.1) is 5.69 Å². The largest absolute Gasteiger partial charge is 0.259 e. The maximum absolute atomic E-state index is 4.63. The van der Waals surface area contributed by atoms with Crippen LogP contribution in [0.25, 0.3) is 22.1 Å². The van der Waals surface area contributed by atoms with E-state index < -0.39 is 0 Å². The lowest BCUT2D eigenvalue weighted by Crippen LogP contribution is -1.85. The van der Waals surface area contributed by atoms with Gasteiger partial charge in [-0.2, -0.15) is 0 Å². The maximum atomic E-state index is 4.63. The lowest BCUT2D eigenvalue weighted by Gasteiger charge is -1.93. The van der Waals surface area contributed by atoms with Crippen LogP contribution in [0, 0.1) is 27.7 Å². The summed E-state index contributed by atoms with van der Waals surface area (Å²) in [6.45, 7) is 7.79. The molecule has 0 bridgehead atoms. The van der Waals surface area contributed by atoms with E-state index >= 15 is 0 Å². The number of hydrogen-bond acceptors (Lipinski definition) is 7. The molecule has 0 spiro atoms. The van der Waals surface area contributed by atoms with Crippen LogP contribution in [0.5, 0.6) is 0 Å². The number of nitrogens with zero attached hydrogens (tertiary/aromatic N) is 5. The van der Waals surface area contributed by atoms with E-state index in [1.54, 1.807) is 6.20 Å². The minimum atomic E-state index is 0.755. The summed E-state index contributed by atoms with van der Waals surface area (Å²) in [6, 6.07) is 4.03. The molecule has 22 heavy (non-hydrogen) atoms. The van der Waals surface area contributed by atoms with Gasteiger partial charge in [-0.1, -0.05) is 12.1 Å². The van der Waals surface area contributed by atoms with Crippen LogP contribution >= 0.6 is 0 Å². The predicted octanol–water partition coefficient (Wildman–Crippen LogP) is 3.07. The summed E-state index contributed by atoms with van der Waals surface area (Å²) in [5.74, 6) is 0. The van der Waals surface area contributed by atoms with E-state index in [-0.39, 0.29) is 0 Å². The Hall–Kier alpha value is -2.83. The molecule has 4 aromatic rings. The molecule has 4 rings (SSSR count). The van der Waals surface area contributed by atoms with E-state index in [9.17, 15) is 0 Å². The topological polar surface area (TPSA) is 90.7 Å². The Morgan fingerprint density at radius 3 is 1.59 bits per heavy atom. The molecular weight excluding hydrogens is 282 g/mol. The Labute approximate surface area is 126 Å². The molecule has 0 aliphatic heterocycles. The van der Waals surface area contributed by atoms with Crippen LogP contribution in [-0.4, -0.2) is 25.6 Å². The molecule has 0 amide bonds. The van der Waals surface area contributed by atoms with Crippen LogP contribution < -0.4 is 0 Å². The maximum Gasteiger partial charge on any atom is 0.156 e. The summed E-state index contributed by atoms with van der Waals surface area (Å²) in [4.78, 5) is 4.12. The minimum absolute atomic E-state index is 0.755. The fourth-order valence-electron chi connectivity index (χ4n) is 2.11. The number of rotatable bonds is 0. The molecule has 1 aromatic carbocycles. The van der Waals surface area contributed by atoms with Gasteiger partial charge in [0.25, 0.3) is 0 Å². The molecule has 3 aromatic heterocycles. The van der Waals surface area contributed by atoms with Crippen molar-refractivity contribution < 1.29 is 9.26 Å². The fourth-order valence-corrected chi connectivity index (χ4v) is 2.11. The van der Waals surface area contributed by atoms with Crippen LogP contribution in [-0.2, 0) is 0 Å². The third-order valence-electron chi connectivity index (χ3n) is 3.48. The predicted molar refractivity (Wildman–Crippen MR) is 80.4 cm³/mol. The van der Waals surface area contributed by atoms with Crippen LogP contribution in [0.2, 0.25) is 0 Å². The van der Waals surface area contributed by atoms with Crippen LogP contribution in [0.1, 0.15) is 22.4 Å². The first kappa shape index (κ1) is 14.1. The second-order valence-corrected chi connectivity index (χ2v) is 5.15. The van der Waals surface area contributed by atoms with Crippen LogP contribution in [0.3, 0.4) is 0 Å². The lowest BCUT2D eigenvalue weighted by atomic mass is 10.1. The normalized spacial score (nSPS) is 10.7. The average Bonchev–Trinajstić information content (AvgIpc) is 3.17. The third kappa shape index (κ3) is 2.41. The highest BCUT2D eigenvalue weighted by atomic mass is 16.6. The van der Waals surface area contributed by atoms with Crippen LogP contribution in [0.15, 0.2) is 27.6 Å². The van der Waals surface area contributed by atoms with E-state index in [1.165, 1.54) is 0 Å². The van der Waals surface area contributed by atoms with Gasteiger partial charge < -0.3 is 0 Å². The Balaban J connectivity index is 0.000000131. The smallest absolute Gasteiger partial charge is 0.156 e. The van der Waals surface area contributed by atoms with E-state index in [4.69, 9.17) is 0 Å². The van der Waals surface area contributed by atoms with Crippen LogP contribution in [0.4, 0.5) is 0 Å². The first-order valence-corrected chi connectivity index (χ1v) is 6.81. The number of benzene rings is 1. The number of hydrogen-bond donors (Lipinski definition) is 0. The second-order valence-electron chi connectivity index (χ2n) is 5.15. The number of aromatic nitrogens is 5. The van der Waals surface area contributed by atoms with Gasteiger partial charge >= 0.3 is 0 Å². The molecule has 0 unspecified atom stereocenters. The van der Waals surface area contributed by atoms with Crippen molar-refractivity contribution in [2.75, 3.05) is 0 Å².